The molecule has 1 aromatic carbocycles. The standard InChI is InChI=1S/C15H21BrN2O3/c1-4-21-14(19)9-18(8-10(2)3)15(20)12-7-11(17)5-6-13(12)16/h5-7,10H,4,8-9,17H2,1-3H3. The van der Waals surface area contributed by atoms with Crippen LogP contribution in [-0.2, 0) is 9.53 Å². The van der Waals surface area contributed by atoms with Gasteiger partial charge >= 0.3 is 5.97 Å². The van der Waals surface area contributed by atoms with Gasteiger partial charge in [0.25, 0.3) is 5.91 Å². The first kappa shape index (κ1) is 17.5. The van der Waals surface area contributed by atoms with Crippen LogP contribution in [-0.4, -0.2) is 36.5 Å². The lowest BCUT2D eigenvalue weighted by atomic mass is 10.1. The van der Waals surface area contributed by atoms with Gasteiger partial charge in [-0.2, -0.15) is 0 Å². The minimum absolute atomic E-state index is 0.0634. The largest absolute Gasteiger partial charge is 0.465 e. The highest BCUT2D eigenvalue weighted by molar-refractivity contribution is 9.10. The maximum absolute atomic E-state index is 12.6. The Labute approximate surface area is 133 Å². The van der Waals surface area contributed by atoms with Gasteiger partial charge in [-0.15, -0.1) is 0 Å². The van der Waals surface area contributed by atoms with E-state index in [-0.39, 0.29) is 18.4 Å². The first-order valence-corrected chi connectivity index (χ1v) is 7.64. The fourth-order valence-electron chi connectivity index (χ4n) is 1.90. The van der Waals surface area contributed by atoms with E-state index >= 15 is 0 Å². The molecule has 5 nitrogen and oxygen atoms in total. The van der Waals surface area contributed by atoms with E-state index in [2.05, 4.69) is 15.9 Å². The molecule has 1 rings (SSSR count). The average molecular weight is 357 g/mol. The second kappa shape index (κ2) is 8.02. The fourth-order valence-corrected chi connectivity index (χ4v) is 2.32. The molecule has 2 N–H and O–H groups in total. The zero-order valence-electron chi connectivity index (χ0n) is 12.6. The number of halogens is 1. The predicted octanol–water partition coefficient (Wildman–Crippen LogP) is 2.69. The highest BCUT2D eigenvalue weighted by Crippen LogP contribution is 2.21. The molecule has 0 spiro atoms. The van der Waals surface area contributed by atoms with Crippen molar-refractivity contribution in [1.82, 2.24) is 4.90 Å². The lowest BCUT2D eigenvalue weighted by molar-refractivity contribution is -0.143. The Hall–Kier alpha value is -1.56. The van der Waals surface area contributed by atoms with Crippen molar-refractivity contribution in [2.45, 2.75) is 20.8 Å². The van der Waals surface area contributed by atoms with Gasteiger partial charge in [-0.25, -0.2) is 0 Å². The number of ether oxygens (including phenoxy) is 1. The second-order valence-electron chi connectivity index (χ2n) is 5.12. The average Bonchev–Trinajstić information content (AvgIpc) is 2.39. The molecule has 1 amide bonds. The highest BCUT2D eigenvalue weighted by Gasteiger charge is 2.22. The van der Waals surface area contributed by atoms with Crippen LogP contribution in [0.25, 0.3) is 0 Å². The van der Waals surface area contributed by atoms with Crippen LogP contribution in [0.15, 0.2) is 22.7 Å². The van der Waals surface area contributed by atoms with Gasteiger partial charge in [-0.1, -0.05) is 13.8 Å². The molecule has 1 aromatic rings. The van der Waals surface area contributed by atoms with Crippen LogP contribution in [0.5, 0.6) is 0 Å². The molecule has 116 valence electrons. The van der Waals surface area contributed by atoms with Gasteiger partial charge in [0.1, 0.15) is 6.54 Å². The molecular weight excluding hydrogens is 336 g/mol. The van der Waals surface area contributed by atoms with E-state index in [1.165, 1.54) is 4.90 Å². The van der Waals surface area contributed by atoms with Crippen molar-refractivity contribution in [2.75, 3.05) is 25.4 Å². The summed E-state index contributed by atoms with van der Waals surface area (Å²) in [6, 6.07) is 5.03. The van der Waals surface area contributed by atoms with Crippen LogP contribution in [0.3, 0.4) is 0 Å². The number of nitrogens with two attached hydrogens (primary N) is 1. The summed E-state index contributed by atoms with van der Waals surface area (Å²) in [6.07, 6.45) is 0. The molecule has 0 aliphatic rings. The second-order valence-corrected chi connectivity index (χ2v) is 5.98. The van der Waals surface area contributed by atoms with Crippen molar-refractivity contribution in [3.05, 3.63) is 28.2 Å². The van der Waals surface area contributed by atoms with E-state index in [1.54, 1.807) is 25.1 Å². The van der Waals surface area contributed by atoms with E-state index in [9.17, 15) is 9.59 Å². The number of hydrogen-bond acceptors (Lipinski definition) is 4. The number of benzene rings is 1. The Morgan fingerprint density at radius 3 is 2.62 bits per heavy atom. The van der Waals surface area contributed by atoms with Crippen molar-refractivity contribution in [3.8, 4) is 0 Å². The van der Waals surface area contributed by atoms with Crippen LogP contribution in [0.2, 0.25) is 0 Å². The van der Waals surface area contributed by atoms with E-state index in [1.807, 2.05) is 13.8 Å². The van der Waals surface area contributed by atoms with E-state index < -0.39 is 5.97 Å². The third-order valence-corrected chi connectivity index (χ3v) is 3.41. The molecule has 21 heavy (non-hydrogen) atoms. The molecule has 0 saturated carbocycles. The van der Waals surface area contributed by atoms with Crippen LogP contribution in [0, 0.1) is 5.92 Å². The molecule has 0 bridgehead atoms. The Morgan fingerprint density at radius 2 is 2.05 bits per heavy atom. The molecule has 0 radical (unpaired) electrons. The quantitative estimate of drug-likeness (QED) is 0.628. The summed E-state index contributed by atoms with van der Waals surface area (Å²) < 4.78 is 5.58. The summed E-state index contributed by atoms with van der Waals surface area (Å²) in [5, 5.41) is 0. The van der Waals surface area contributed by atoms with Crippen LogP contribution < -0.4 is 5.73 Å². The summed E-state index contributed by atoms with van der Waals surface area (Å²) in [7, 11) is 0. The van der Waals surface area contributed by atoms with E-state index in [4.69, 9.17) is 10.5 Å². The normalized spacial score (nSPS) is 10.5. The summed E-state index contributed by atoms with van der Waals surface area (Å²) in [4.78, 5) is 25.8. The van der Waals surface area contributed by atoms with Gasteiger partial charge in [0.05, 0.1) is 12.2 Å². The molecule has 0 heterocycles. The number of rotatable bonds is 6. The van der Waals surface area contributed by atoms with Crippen LogP contribution in [0.4, 0.5) is 5.69 Å². The molecular formula is C15H21BrN2O3. The maximum Gasteiger partial charge on any atom is 0.325 e. The van der Waals surface area contributed by atoms with Crippen LogP contribution >= 0.6 is 15.9 Å². The summed E-state index contributed by atoms with van der Waals surface area (Å²) in [5.41, 5.74) is 6.68. The maximum atomic E-state index is 12.6. The number of esters is 1. The predicted molar refractivity (Wildman–Crippen MR) is 85.9 cm³/mol. The Balaban J connectivity index is 2.98. The highest BCUT2D eigenvalue weighted by atomic mass is 79.9. The molecule has 0 saturated heterocycles. The Bertz CT molecular complexity index is 518. The topological polar surface area (TPSA) is 72.6 Å². The lowest BCUT2D eigenvalue weighted by Gasteiger charge is -2.24. The molecule has 0 unspecified atom stereocenters. The van der Waals surface area contributed by atoms with Crippen molar-refractivity contribution in [2.24, 2.45) is 5.92 Å². The Morgan fingerprint density at radius 1 is 1.38 bits per heavy atom. The number of nitrogen functional groups attached to an aromatic ring is 1. The third kappa shape index (κ3) is 5.38. The zero-order chi connectivity index (χ0) is 16.0. The summed E-state index contributed by atoms with van der Waals surface area (Å²) in [5.74, 6) is -0.411. The van der Waals surface area contributed by atoms with Gasteiger partial charge in [0, 0.05) is 16.7 Å². The van der Waals surface area contributed by atoms with Crippen molar-refractivity contribution in [3.63, 3.8) is 0 Å². The first-order valence-electron chi connectivity index (χ1n) is 6.85. The van der Waals surface area contributed by atoms with Gasteiger partial charge in [-0.3, -0.25) is 9.59 Å². The van der Waals surface area contributed by atoms with Crippen molar-refractivity contribution in [1.29, 1.82) is 0 Å². The zero-order valence-corrected chi connectivity index (χ0v) is 14.1. The number of carbonyl (C=O) groups is 2. The van der Waals surface area contributed by atoms with Gasteiger partial charge in [0.2, 0.25) is 0 Å². The Kier molecular flexibility index (Phi) is 6.68. The van der Waals surface area contributed by atoms with Crippen molar-refractivity contribution >= 4 is 33.5 Å². The van der Waals surface area contributed by atoms with Gasteiger partial charge in [-0.05, 0) is 47.0 Å². The third-order valence-electron chi connectivity index (χ3n) is 2.72. The van der Waals surface area contributed by atoms with E-state index in [0.717, 1.165) is 0 Å². The lowest BCUT2D eigenvalue weighted by Crippen LogP contribution is -2.39. The molecule has 0 aliphatic heterocycles. The van der Waals surface area contributed by atoms with Gasteiger partial charge < -0.3 is 15.4 Å². The van der Waals surface area contributed by atoms with Gasteiger partial charge in [0.15, 0.2) is 0 Å². The minimum atomic E-state index is -0.411. The molecule has 0 aliphatic carbocycles. The van der Waals surface area contributed by atoms with Crippen LogP contribution in [0.1, 0.15) is 31.1 Å². The smallest absolute Gasteiger partial charge is 0.325 e. The molecule has 0 fully saturated rings. The van der Waals surface area contributed by atoms with Crippen molar-refractivity contribution < 1.29 is 14.3 Å². The molecule has 6 heteroatoms. The number of nitrogens with zero attached hydrogens (tertiary/aromatic N) is 1. The monoisotopic (exact) mass is 356 g/mol. The molecule has 0 atom stereocenters. The SMILES string of the molecule is CCOC(=O)CN(CC(C)C)C(=O)c1cc(N)ccc1Br. The number of anilines is 1. The summed E-state index contributed by atoms with van der Waals surface area (Å²) in [6.45, 7) is 6.41. The first-order chi connectivity index (χ1) is 9.85. The number of hydrogen-bond donors (Lipinski definition) is 1. The van der Waals surface area contributed by atoms with E-state index in [0.29, 0.717) is 28.9 Å². The summed E-state index contributed by atoms with van der Waals surface area (Å²) >= 11 is 3.34. The number of carbonyl (C=O) groups excluding carboxylic acids is 2. The molecule has 0 aromatic heterocycles. The fraction of sp³-hybridized carbons (Fsp3) is 0.467. The minimum Gasteiger partial charge on any atom is -0.465 e. The number of amides is 1.